The van der Waals surface area contributed by atoms with Crippen molar-refractivity contribution in [3.63, 3.8) is 0 Å². The van der Waals surface area contributed by atoms with Crippen molar-refractivity contribution in [3.05, 3.63) is 30.5 Å². The summed E-state index contributed by atoms with van der Waals surface area (Å²) in [4.78, 5) is 6.86. The normalized spacial score (nSPS) is 14.8. The second-order valence-electron chi connectivity index (χ2n) is 6.18. The van der Waals surface area contributed by atoms with Gasteiger partial charge >= 0.3 is 0 Å². The number of piperidine rings is 1. The molecule has 0 unspecified atom stereocenters. The number of nitrogens with one attached hydrogen (secondary N) is 2. The van der Waals surface area contributed by atoms with Crippen LogP contribution in [0.4, 0.5) is 23.1 Å². The maximum Gasteiger partial charge on any atom is 0.244 e. The first-order valence-electron chi connectivity index (χ1n) is 8.29. The Bertz CT molecular complexity index is 619. The van der Waals surface area contributed by atoms with Crippen LogP contribution in [0.3, 0.4) is 0 Å². The van der Waals surface area contributed by atoms with Crippen LogP contribution in [0.2, 0.25) is 0 Å². The van der Waals surface area contributed by atoms with Crippen LogP contribution in [0.5, 0.6) is 0 Å². The highest BCUT2D eigenvalue weighted by molar-refractivity contribution is 5.60. The van der Waals surface area contributed by atoms with Crippen LogP contribution in [0.15, 0.2) is 30.5 Å². The van der Waals surface area contributed by atoms with Crippen molar-refractivity contribution in [1.82, 2.24) is 15.2 Å². The predicted molar refractivity (Wildman–Crippen MR) is 94.4 cm³/mol. The topological polar surface area (TPSA) is 66.0 Å². The van der Waals surface area contributed by atoms with E-state index >= 15 is 0 Å². The molecule has 0 aliphatic carbocycles. The zero-order chi connectivity index (χ0) is 16.1. The molecule has 6 nitrogen and oxygen atoms in total. The van der Waals surface area contributed by atoms with Gasteiger partial charge in [-0.1, -0.05) is 0 Å². The number of aromatic nitrogens is 3. The Morgan fingerprint density at radius 2 is 1.78 bits per heavy atom. The molecular weight excluding hydrogens is 288 g/mol. The van der Waals surface area contributed by atoms with Gasteiger partial charge in [-0.2, -0.15) is 10.1 Å². The zero-order valence-electron chi connectivity index (χ0n) is 13.8. The van der Waals surface area contributed by atoms with Gasteiger partial charge in [0.1, 0.15) is 0 Å². The van der Waals surface area contributed by atoms with Gasteiger partial charge in [0.05, 0.1) is 6.20 Å². The third-order valence-electron chi connectivity index (χ3n) is 3.84. The smallest absolute Gasteiger partial charge is 0.244 e. The summed E-state index contributed by atoms with van der Waals surface area (Å²) in [5, 5.41) is 14.4. The minimum atomic E-state index is 0.274. The third kappa shape index (κ3) is 4.31. The number of nitrogens with zero attached hydrogens (tertiary/aromatic N) is 4. The molecule has 6 heteroatoms. The molecular formula is C17H24N6. The molecule has 0 spiro atoms. The molecule has 0 bridgehead atoms. The fourth-order valence-corrected chi connectivity index (χ4v) is 2.74. The summed E-state index contributed by atoms with van der Waals surface area (Å²) >= 11 is 0. The number of hydrogen-bond donors (Lipinski definition) is 2. The summed E-state index contributed by atoms with van der Waals surface area (Å²) in [5.41, 5.74) is 2.29. The molecule has 0 atom stereocenters. The standard InChI is InChI=1S/C17H24N6/c1-13(2)19-17-21-16(12-18-22-17)20-14-6-8-15(9-7-14)23-10-4-3-5-11-23/h6-9,12-13H,3-5,10-11H2,1-2H3,(H2,19,20,21,22). The fraction of sp³-hybridized carbons (Fsp3) is 0.471. The average Bonchev–Trinajstić information content (AvgIpc) is 2.56. The van der Waals surface area contributed by atoms with Gasteiger partial charge in [-0.05, 0) is 57.4 Å². The molecule has 0 amide bonds. The molecule has 2 aromatic rings. The lowest BCUT2D eigenvalue weighted by molar-refractivity contribution is 0.578. The molecule has 23 heavy (non-hydrogen) atoms. The highest BCUT2D eigenvalue weighted by Crippen LogP contribution is 2.23. The van der Waals surface area contributed by atoms with Crippen molar-refractivity contribution in [3.8, 4) is 0 Å². The monoisotopic (exact) mass is 312 g/mol. The summed E-state index contributed by atoms with van der Waals surface area (Å²) < 4.78 is 0. The molecule has 1 saturated heterocycles. The van der Waals surface area contributed by atoms with Gasteiger partial charge in [-0.15, -0.1) is 5.10 Å². The van der Waals surface area contributed by atoms with Crippen molar-refractivity contribution >= 4 is 23.1 Å². The highest BCUT2D eigenvalue weighted by atomic mass is 15.3. The average molecular weight is 312 g/mol. The molecule has 1 aromatic carbocycles. The van der Waals surface area contributed by atoms with Gasteiger partial charge < -0.3 is 15.5 Å². The summed E-state index contributed by atoms with van der Waals surface area (Å²) in [6.45, 7) is 6.41. The van der Waals surface area contributed by atoms with Gasteiger partial charge in [-0.25, -0.2) is 0 Å². The van der Waals surface area contributed by atoms with Crippen molar-refractivity contribution in [2.24, 2.45) is 0 Å². The Morgan fingerprint density at radius 3 is 2.48 bits per heavy atom. The molecule has 0 radical (unpaired) electrons. The Kier molecular flexibility index (Phi) is 4.90. The molecule has 2 N–H and O–H groups in total. The quantitative estimate of drug-likeness (QED) is 0.882. The van der Waals surface area contributed by atoms with E-state index in [1.54, 1.807) is 6.20 Å². The maximum atomic E-state index is 4.41. The van der Waals surface area contributed by atoms with Crippen LogP contribution in [0, 0.1) is 0 Å². The Labute approximate surface area is 137 Å². The first-order chi connectivity index (χ1) is 11.2. The van der Waals surface area contributed by atoms with Crippen molar-refractivity contribution in [2.75, 3.05) is 28.6 Å². The van der Waals surface area contributed by atoms with Crippen LogP contribution in [0.1, 0.15) is 33.1 Å². The molecule has 1 aliphatic heterocycles. The van der Waals surface area contributed by atoms with E-state index in [1.807, 2.05) is 13.8 Å². The largest absolute Gasteiger partial charge is 0.372 e. The lowest BCUT2D eigenvalue weighted by atomic mass is 10.1. The van der Waals surface area contributed by atoms with Gasteiger partial charge in [-0.3, -0.25) is 0 Å². The summed E-state index contributed by atoms with van der Waals surface area (Å²) in [6.07, 6.45) is 5.56. The van der Waals surface area contributed by atoms with Crippen LogP contribution in [-0.4, -0.2) is 34.3 Å². The number of rotatable bonds is 5. The Balaban J connectivity index is 1.66. The van der Waals surface area contributed by atoms with Crippen molar-refractivity contribution in [2.45, 2.75) is 39.2 Å². The molecule has 1 aliphatic rings. The number of benzene rings is 1. The number of anilines is 4. The summed E-state index contributed by atoms with van der Waals surface area (Å²) in [7, 11) is 0. The molecule has 0 saturated carbocycles. The van der Waals surface area contributed by atoms with E-state index in [-0.39, 0.29) is 6.04 Å². The third-order valence-corrected chi connectivity index (χ3v) is 3.84. The SMILES string of the molecule is CC(C)Nc1nncc(Nc2ccc(N3CCCCC3)cc2)n1. The van der Waals surface area contributed by atoms with Gasteiger partial charge in [0.15, 0.2) is 5.82 Å². The Morgan fingerprint density at radius 1 is 1.04 bits per heavy atom. The summed E-state index contributed by atoms with van der Waals surface area (Å²) in [5.74, 6) is 1.23. The van der Waals surface area contributed by atoms with E-state index in [0.29, 0.717) is 11.8 Å². The van der Waals surface area contributed by atoms with Crippen LogP contribution < -0.4 is 15.5 Å². The zero-order valence-corrected chi connectivity index (χ0v) is 13.8. The first kappa shape index (κ1) is 15.5. The summed E-state index contributed by atoms with van der Waals surface area (Å²) in [6, 6.07) is 8.77. The lowest BCUT2D eigenvalue weighted by Crippen LogP contribution is -2.29. The minimum Gasteiger partial charge on any atom is -0.372 e. The van der Waals surface area contributed by atoms with Gasteiger partial charge in [0, 0.05) is 30.5 Å². The van der Waals surface area contributed by atoms with Crippen molar-refractivity contribution < 1.29 is 0 Å². The second kappa shape index (κ2) is 7.26. The molecule has 122 valence electrons. The van der Waals surface area contributed by atoms with Gasteiger partial charge in [0.25, 0.3) is 0 Å². The molecule has 1 aromatic heterocycles. The second-order valence-corrected chi connectivity index (χ2v) is 6.18. The van der Waals surface area contributed by atoms with Crippen LogP contribution in [-0.2, 0) is 0 Å². The van der Waals surface area contributed by atoms with E-state index in [4.69, 9.17) is 0 Å². The van der Waals surface area contributed by atoms with E-state index in [1.165, 1.54) is 24.9 Å². The highest BCUT2D eigenvalue weighted by Gasteiger charge is 2.10. The predicted octanol–water partition coefficient (Wildman–Crippen LogP) is 3.43. The van der Waals surface area contributed by atoms with Crippen molar-refractivity contribution in [1.29, 1.82) is 0 Å². The van der Waals surface area contributed by atoms with Crippen LogP contribution in [0.25, 0.3) is 0 Å². The Hall–Kier alpha value is -2.37. The first-order valence-corrected chi connectivity index (χ1v) is 8.29. The van der Waals surface area contributed by atoms with E-state index in [2.05, 4.69) is 55.0 Å². The maximum absolute atomic E-state index is 4.41. The lowest BCUT2D eigenvalue weighted by Gasteiger charge is -2.28. The van der Waals surface area contributed by atoms with E-state index < -0.39 is 0 Å². The molecule has 2 heterocycles. The molecule has 3 rings (SSSR count). The van der Waals surface area contributed by atoms with Crippen LogP contribution >= 0.6 is 0 Å². The van der Waals surface area contributed by atoms with E-state index in [9.17, 15) is 0 Å². The fourth-order valence-electron chi connectivity index (χ4n) is 2.74. The van der Waals surface area contributed by atoms with E-state index in [0.717, 1.165) is 18.8 Å². The number of hydrogen-bond acceptors (Lipinski definition) is 6. The molecule has 1 fully saturated rings. The van der Waals surface area contributed by atoms with Gasteiger partial charge in [0.2, 0.25) is 5.95 Å². The minimum absolute atomic E-state index is 0.274.